The van der Waals surface area contributed by atoms with Crippen LogP contribution in [0.15, 0.2) is 56.6 Å². The van der Waals surface area contributed by atoms with Crippen molar-refractivity contribution in [3.05, 3.63) is 53.0 Å². The van der Waals surface area contributed by atoms with Crippen LogP contribution in [-0.2, 0) is 14.8 Å². The Hall–Kier alpha value is -3.11. The van der Waals surface area contributed by atoms with E-state index < -0.39 is 27.8 Å². The molecular weight excluding hydrogens is 362 g/mol. The van der Waals surface area contributed by atoms with Crippen LogP contribution in [0.5, 0.6) is 5.75 Å². The summed E-state index contributed by atoms with van der Waals surface area (Å²) >= 11 is 0. The number of hydrogen-bond acceptors (Lipinski definition) is 6. The van der Waals surface area contributed by atoms with Crippen molar-refractivity contribution in [1.29, 1.82) is 0 Å². The second-order valence-electron chi connectivity index (χ2n) is 5.62. The molecule has 4 rings (SSSR count). The number of benzene rings is 2. The van der Waals surface area contributed by atoms with Gasteiger partial charge in [-0.05, 0) is 24.3 Å². The van der Waals surface area contributed by atoms with E-state index in [0.29, 0.717) is 17.0 Å². The van der Waals surface area contributed by atoms with Crippen LogP contribution in [0.25, 0.3) is 11.1 Å². The molecule has 0 saturated carbocycles. The van der Waals surface area contributed by atoms with E-state index in [1.807, 2.05) is 0 Å². The summed E-state index contributed by atoms with van der Waals surface area (Å²) in [6.45, 7) is -0.252. The van der Waals surface area contributed by atoms with Gasteiger partial charge < -0.3 is 14.5 Å². The Labute approximate surface area is 147 Å². The Morgan fingerprint density at radius 2 is 1.92 bits per heavy atom. The van der Waals surface area contributed by atoms with Crippen LogP contribution in [-0.4, -0.2) is 32.0 Å². The summed E-state index contributed by atoms with van der Waals surface area (Å²) in [5, 5.41) is 2.66. The Bertz CT molecular complexity index is 1160. The van der Waals surface area contributed by atoms with Crippen LogP contribution in [0.4, 0.5) is 5.69 Å². The molecule has 10 heteroatoms. The number of oxazole rings is 1. The number of ether oxygens (including phenoxy) is 1. The SMILES string of the molecule is O=C1Nc2ccccc2OC1CNS(=O)(=O)c1ccc2[nH]c(=O)oc2c1. The second-order valence-corrected chi connectivity index (χ2v) is 7.38. The van der Waals surface area contributed by atoms with Gasteiger partial charge in [-0.1, -0.05) is 12.1 Å². The summed E-state index contributed by atoms with van der Waals surface area (Å²) in [6.07, 6.45) is -1.01. The van der Waals surface area contributed by atoms with Crippen LogP contribution in [0.2, 0.25) is 0 Å². The highest BCUT2D eigenvalue weighted by molar-refractivity contribution is 7.89. The van der Waals surface area contributed by atoms with E-state index in [2.05, 4.69) is 15.0 Å². The smallest absolute Gasteiger partial charge is 0.417 e. The summed E-state index contributed by atoms with van der Waals surface area (Å²) in [5.74, 6) is -0.654. The zero-order valence-corrected chi connectivity index (χ0v) is 14.0. The minimum absolute atomic E-state index is 0.0932. The highest BCUT2D eigenvalue weighted by Crippen LogP contribution is 2.28. The molecule has 1 aliphatic heterocycles. The largest absolute Gasteiger partial charge is 0.477 e. The van der Waals surface area contributed by atoms with Crippen LogP contribution in [0, 0.1) is 0 Å². The number of hydrogen-bond donors (Lipinski definition) is 3. The summed E-state index contributed by atoms with van der Waals surface area (Å²) in [4.78, 5) is 25.6. The van der Waals surface area contributed by atoms with E-state index in [1.165, 1.54) is 18.2 Å². The third-order valence-corrected chi connectivity index (χ3v) is 5.29. The first kappa shape index (κ1) is 16.4. The van der Waals surface area contributed by atoms with Crippen LogP contribution < -0.4 is 20.5 Å². The van der Waals surface area contributed by atoms with Gasteiger partial charge in [0.2, 0.25) is 10.0 Å². The van der Waals surface area contributed by atoms with E-state index in [1.54, 1.807) is 24.3 Å². The van der Waals surface area contributed by atoms with Crippen molar-refractivity contribution in [1.82, 2.24) is 9.71 Å². The summed E-state index contributed by atoms with van der Waals surface area (Å²) < 4.78 is 37.6. The van der Waals surface area contributed by atoms with E-state index in [4.69, 9.17) is 9.15 Å². The fourth-order valence-corrected chi connectivity index (χ4v) is 3.64. The molecule has 1 atom stereocenters. The lowest BCUT2D eigenvalue weighted by Gasteiger charge is -2.25. The van der Waals surface area contributed by atoms with Crippen molar-refractivity contribution in [2.24, 2.45) is 0 Å². The van der Waals surface area contributed by atoms with E-state index in [-0.39, 0.29) is 17.0 Å². The molecule has 9 nitrogen and oxygen atoms in total. The van der Waals surface area contributed by atoms with Gasteiger partial charge in [-0.3, -0.25) is 9.78 Å². The van der Waals surface area contributed by atoms with Crippen molar-refractivity contribution in [3.8, 4) is 5.75 Å². The lowest BCUT2D eigenvalue weighted by Crippen LogP contribution is -2.45. The number of aromatic amines is 1. The Morgan fingerprint density at radius 1 is 1.12 bits per heavy atom. The topological polar surface area (TPSA) is 130 Å². The third-order valence-electron chi connectivity index (χ3n) is 3.87. The van der Waals surface area contributed by atoms with Crippen molar-refractivity contribution in [2.45, 2.75) is 11.0 Å². The number of sulfonamides is 1. The van der Waals surface area contributed by atoms with Crippen molar-refractivity contribution >= 4 is 32.7 Å². The molecule has 0 fully saturated rings. The standard InChI is InChI=1S/C16H13N3O6S/c20-15-14(24-12-4-2-1-3-10(12)18-15)8-17-26(22,23)9-5-6-11-13(7-9)25-16(21)19-11/h1-7,14,17H,8H2,(H,18,20)(H,19,21). The molecule has 3 N–H and O–H groups in total. The molecule has 1 aliphatic rings. The maximum Gasteiger partial charge on any atom is 0.417 e. The number of fused-ring (bicyclic) bond motifs is 2. The zero-order chi connectivity index (χ0) is 18.3. The van der Waals surface area contributed by atoms with Gasteiger partial charge in [0.1, 0.15) is 5.75 Å². The van der Waals surface area contributed by atoms with E-state index in [0.717, 1.165) is 0 Å². The molecule has 134 valence electrons. The van der Waals surface area contributed by atoms with Gasteiger partial charge in [0, 0.05) is 6.07 Å². The molecule has 1 amide bonds. The van der Waals surface area contributed by atoms with Crippen molar-refractivity contribution in [3.63, 3.8) is 0 Å². The molecule has 3 aromatic rings. The predicted molar refractivity (Wildman–Crippen MR) is 91.5 cm³/mol. The number of nitrogens with one attached hydrogen (secondary N) is 3. The van der Waals surface area contributed by atoms with Gasteiger partial charge in [-0.2, -0.15) is 0 Å². The van der Waals surface area contributed by atoms with Crippen LogP contribution >= 0.6 is 0 Å². The van der Waals surface area contributed by atoms with Crippen molar-refractivity contribution < 1.29 is 22.4 Å². The number of carbonyl (C=O) groups is 1. The molecule has 2 aromatic carbocycles. The number of carbonyl (C=O) groups excluding carboxylic acids is 1. The molecular formula is C16H13N3O6S. The summed E-state index contributed by atoms with van der Waals surface area (Å²) in [6, 6.07) is 10.8. The second kappa shape index (κ2) is 6.00. The molecule has 0 bridgehead atoms. The average Bonchev–Trinajstić information content (AvgIpc) is 2.99. The lowest BCUT2D eigenvalue weighted by atomic mass is 10.2. The quantitative estimate of drug-likeness (QED) is 0.618. The highest BCUT2D eigenvalue weighted by Gasteiger charge is 2.29. The Morgan fingerprint density at radius 3 is 2.77 bits per heavy atom. The molecule has 1 aromatic heterocycles. The van der Waals surface area contributed by atoms with Gasteiger partial charge in [0.05, 0.1) is 22.6 Å². The number of aromatic nitrogens is 1. The molecule has 0 radical (unpaired) electrons. The number of amides is 1. The maximum atomic E-state index is 12.4. The van der Waals surface area contributed by atoms with Gasteiger partial charge in [0.25, 0.3) is 5.91 Å². The Kier molecular flexibility index (Phi) is 3.78. The number of anilines is 1. The first-order valence-corrected chi connectivity index (χ1v) is 9.10. The minimum atomic E-state index is -3.93. The minimum Gasteiger partial charge on any atom is -0.477 e. The summed E-state index contributed by atoms with van der Waals surface area (Å²) in [5.41, 5.74) is 1.04. The van der Waals surface area contributed by atoms with Gasteiger partial charge >= 0.3 is 5.76 Å². The number of H-pyrrole nitrogens is 1. The number of para-hydroxylation sites is 2. The normalized spacial score (nSPS) is 16.8. The molecule has 26 heavy (non-hydrogen) atoms. The first-order chi connectivity index (χ1) is 12.4. The number of rotatable bonds is 4. The molecule has 1 unspecified atom stereocenters. The Balaban J connectivity index is 1.52. The van der Waals surface area contributed by atoms with Crippen LogP contribution in [0.1, 0.15) is 0 Å². The fraction of sp³-hybridized carbons (Fsp3) is 0.125. The highest BCUT2D eigenvalue weighted by atomic mass is 32.2. The monoisotopic (exact) mass is 375 g/mol. The molecule has 2 heterocycles. The molecule has 0 aliphatic carbocycles. The van der Waals surface area contributed by atoms with Gasteiger partial charge in [-0.25, -0.2) is 17.9 Å². The van der Waals surface area contributed by atoms with Crippen LogP contribution in [0.3, 0.4) is 0 Å². The maximum absolute atomic E-state index is 12.4. The molecule has 0 saturated heterocycles. The summed E-state index contributed by atoms with van der Waals surface area (Å²) in [7, 11) is -3.93. The fourth-order valence-electron chi connectivity index (χ4n) is 2.59. The third kappa shape index (κ3) is 2.95. The van der Waals surface area contributed by atoms with E-state index >= 15 is 0 Å². The first-order valence-electron chi connectivity index (χ1n) is 7.61. The average molecular weight is 375 g/mol. The molecule has 0 spiro atoms. The van der Waals surface area contributed by atoms with Gasteiger partial charge in [-0.15, -0.1) is 0 Å². The van der Waals surface area contributed by atoms with Crippen molar-refractivity contribution in [2.75, 3.05) is 11.9 Å². The van der Waals surface area contributed by atoms with Gasteiger partial charge in [0.15, 0.2) is 11.7 Å². The zero-order valence-electron chi connectivity index (χ0n) is 13.2. The lowest BCUT2D eigenvalue weighted by molar-refractivity contribution is -0.123. The van der Waals surface area contributed by atoms with E-state index in [9.17, 15) is 18.0 Å². The predicted octanol–water partition coefficient (Wildman–Crippen LogP) is 0.799.